The molecule has 1 amide bonds. The van der Waals surface area contributed by atoms with E-state index >= 15 is 0 Å². The van der Waals surface area contributed by atoms with Crippen LogP contribution in [0.4, 0.5) is 4.39 Å². The van der Waals surface area contributed by atoms with Crippen molar-refractivity contribution in [3.05, 3.63) is 57.3 Å². The largest absolute Gasteiger partial charge is 0.501 e. The van der Waals surface area contributed by atoms with Crippen LogP contribution in [0.3, 0.4) is 0 Å². The summed E-state index contributed by atoms with van der Waals surface area (Å²) >= 11 is 0. The molecule has 0 radical (unpaired) electrons. The Hall–Kier alpha value is -3.64. The van der Waals surface area contributed by atoms with Gasteiger partial charge in [0.25, 0.3) is 11.5 Å². The molecule has 1 saturated heterocycles. The number of ether oxygens (including phenoxy) is 2. The molecule has 36 heavy (non-hydrogen) atoms. The molecule has 2 aliphatic heterocycles. The highest BCUT2D eigenvalue weighted by molar-refractivity contribution is 5.94. The van der Waals surface area contributed by atoms with E-state index in [4.69, 9.17) is 9.47 Å². The van der Waals surface area contributed by atoms with Crippen LogP contribution in [0, 0.1) is 12.7 Å². The number of benzene rings is 1. The predicted octanol–water partition coefficient (Wildman–Crippen LogP) is 1.20. The van der Waals surface area contributed by atoms with E-state index in [0.29, 0.717) is 67.9 Å². The zero-order chi connectivity index (χ0) is 25.4. The van der Waals surface area contributed by atoms with Gasteiger partial charge in [0.15, 0.2) is 11.5 Å². The second-order valence-electron chi connectivity index (χ2n) is 9.13. The van der Waals surface area contributed by atoms with Gasteiger partial charge in [-0.05, 0) is 37.5 Å². The van der Waals surface area contributed by atoms with Gasteiger partial charge in [-0.3, -0.25) is 14.2 Å². The maximum absolute atomic E-state index is 14.1. The van der Waals surface area contributed by atoms with E-state index in [1.807, 2.05) is 0 Å². The fraction of sp³-hybridized carbons (Fsp3) is 0.458. The molecule has 2 N–H and O–H groups in total. The molecule has 12 heteroatoms. The normalized spacial score (nSPS) is 17.0. The van der Waals surface area contributed by atoms with Crippen LogP contribution in [0.25, 0.3) is 11.4 Å². The SMILES string of the molecule is Cc1nc(-c2cc(F)ccc2CNC(=O)c2nc3n(c(=O)c2O)CCOCC32CCOCC2)n(C)n1. The first kappa shape index (κ1) is 24.1. The highest BCUT2D eigenvalue weighted by atomic mass is 19.1. The van der Waals surface area contributed by atoms with E-state index < -0.39 is 28.4 Å². The molecule has 1 fully saturated rings. The molecular formula is C24H27FN6O5. The number of rotatable bonds is 4. The standard InChI is InChI=1S/C24H27FN6O5/c1-14-27-20(30(2)29-14)17-11-16(25)4-3-15(17)12-26-21(33)18-19(32)22(34)31-7-10-36-13-24(23(31)28-18)5-8-35-9-6-24/h3-4,11,32H,5-10,12-13H2,1-2H3,(H,26,33). The van der Waals surface area contributed by atoms with Crippen molar-refractivity contribution in [2.45, 2.75) is 38.3 Å². The van der Waals surface area contributed by atoms with Crippen molar-refractivity contribution in [2.75, 3.05) is 26.4 Å². The minimum atomic E-state index is -0.719. The molecule has 0 atom stereocenters. The molecule has 0 aliphatic carbocycles. The van der Waals surface area contributed by atoms with Crippen molar-refractivity contribution in [1.82, 2.24) is 29.6 Å². The van der Waals surface area contributed by atoms with Crippen molar-refractivity contribution in [2.24, 2.45) is 7.05 Å². The van der Waals surface area contributed by atoms with Crippen LogP contribution in [0.15, 0.2) is 23.0 Å². The monoisotopic (exact) mass is 498 g/mol. The number of nitrogens with zero attached hydrogens (tertiary/aromatic N) is 5. The van der Waals surface area contributed by atoms with Gasteiger partial charge in [0, 0.05) is 32.4 Å². The van der Waals surface area contributed by atoms with Gasteiger partial charge in [0.1, 0.15) is 17.5 Å². The second-order valence-corrected chi connectivity index (χ2v) is 9.13. The molecule has 0 saturated carbocycles. The van der Waals surface area contributed by atoms with E-state index in [1.165, 1.54) is 21.4 Å². The lowest BCUT2D eigenvalue weighted by atomic mass is 9.80. The van der Waals surface area contributed by atoms with Crippen LogP contribution >= 0.6 is 0 Å². The summed E-state index contributed by atoms with van der Waals surface area (Å²) in [5, 5.41) is 17.5. The zero-order valence-electron chi connectivity index (χ0n) is 20.1. The summed E-state index contributed by atoms with van der Waals surface area (Å²) in [5.41, 5.74) is -0.559. The molecule has 11 nitrogen and oxygen atoms in total. The number of hydrogen-bond donors (Lipinski definition) is 2. The average molecular weight is 499 g/mol. The Morgan fingerprint density at radius 2 is 2.00 bits per heavy atom. The molecule has 1 aromatic carbocycles. The molecule has 3 aromatic rings. The number of halogens is 1. The molecule has 1 spiro atoms. The van der Waals surface area contributed by atoms with Crippen molar-refractivity contribution in [3.8, 4) is 17.1 Å². The van der Waals surface area contributed by atoms with Crippen molar-refractivity contribution in [3.63, 3.8) is 0 Å². The number of carbonyl (C=O) groups is 1. The smallest absolute Gasteiger partial charge is 0.296 e. The lowest BCUT2D eigenvalue weighted by Gasteiger charge is -2.35. The van der Waals surface area contributed by atoms with Crippen LogP contribution in [0.5, 0.6) is 5.75 Å². The summed E-state index contributed by atoms with van der Waals surface area (Å²) in [6.07, 6.45) is 1.17. The first-order valence-corrected chi connectivity index (χ1v) is 11.7. The van der Waals surface area contributed by atoms with E-state index in [1.54, 1.807) is 20.0 Å². The van der Waals surface area contributed by atoms with Crippen molar-refractivity contribution >= 4 is 5.91 Å². The van der Waals surface area contributed by atoms with E-state index in [9.17, 15) is 19.1 Å². The lowest BCUT2D eigenvalue weighted by molar-refractivity contribution is 0.00413. The molecule has 190 valence electrons. The van der Waals surface area contributed by atoms with Gasteiger partial charge in [-0.2, -0.15) is 5.10 Å². The summed E-state index contributed by atoms with van der Waals surface area (Å²) in [5.74, 6) is -0.496. The van der Waals surface area contributed by atoms with E-state index in [-0.39, 0.29) is 18.8 Å². The summed E-state index contributed by atoms with van der Waals surface area (Å²) in [6, 6.07) is 4.15. The summed E-state index contributed by atoms with van der Waals surface area (Å²) < 4.78 is 28.3. The first-order valence-electron chi connectivity index (χ1n) is 11.7. The quantitative estimate of drug-likeness (QED) is 0.548. The van der Waals surface area contributed by atoms with Gasteiger partial charge in [-0.1, -0.05) is 6.07 Å². The number of fused-ring (bicyclic) bond motifs is 2. The second kappa shape index (κ2) is 9.43. The highest BCUT2D eigenvalue weighted by Crippen LogP contribution is 2.35. The van der Waals surface area contributed by atoms with Crippen LogP contribution in [0.1, 0.15) is 40.5 Å². The maximum atomic E-state index is 14.1. The van der Waals surface area contributed by atoms with E-state index in [0.717, 1.165) is 0 Å². The van der Waals surface area contributed by atoms with Crippen molar-refractivity contribution in [1.29, 1.82) is 0 Å². The molecule has 4 heterocycles. The third-order valence-electron chi connectivity index (χ3n) is 6.74. The summed E-state index contributed by atoms with van der Waals surface area (Å²) in [6.45, 7) is 3.57. The first-order chi connectivity index (χ1) is 17.3. The summed E-state index contributed by atoms with van der Waals surface area (Å²) in [4.78, 5) is 35.1. The van der Waals surface area contributed by atoms with Gasteiger partial charge in [-0.25, -0.2) is 19.0 Å². The Bertz CT molecular complexity index is 1380. The molecule has 0 bridgehead atoms. The Morgan fingerprint density at radius 1 is 1.22 bits per heavy atom. The molecular weight excluding hydrogens is 471 g/mol. The number of hydrogen-bond acceptors (Lipinski definition) is 8. The fourth-order valence-electron chi connectivity index (χ4n) is 4.85. The predicted molar refractivity (Wildman–Crippen MR) is 125 cm³/mol. The zero-order valence-corrected chi connectivity index (χ0v) is 20.1. The topological polar surface area (TPSA) is 133 Å². The van der Waals surface area contributed by atoms with Crippen LogP contribution in [-0.2, 0) is 35.0 Å². The van der Waals surface area contributed by atoms with Gasteiger partial charge in [-0.15, -0.1) is 0 Å². The lowest BCUT2D eigenvalue weighted by Crippen LogP contribution is -2.43. The van der Waals surface area contributed by atoms with Crippen LogP contribution in [-0.4, -0.2) is 61.8 Å². The van der Waals surface area contributed by atoms with Crippen LogP contribution < -0.4 is 10.9 Å². The Kier molecular flexibility index (Phi) is 6.31. The number of aromatic nitrogens is 5. The van der Waals surface area contributed by atoms with E-state index in [2.05, 4.69) is 20.4 Å². The number of aryl methyl sites for hydroxylation is 2. The molecule has 5 rings (SSSR count). The summed E-state index contributed by atoms with van der Waals surface area (Å²) in [7, 11) is 1.70. The van der Waals surface area contributed by atoms with Crippen LogP contribution in [0.2, 0.25) is 0 Å². The average Bonchev–Trinajstić information content (AvgIpc) is 3.11. The Morgan fingerprint density at radius 3 is 2.72 bits per heavy atom. The third kappa shape index (κ3) is 4.26. The number of amides is 1. The minimum absolute atomic E-state index is 0.0119. The molecule has 0 unspecified atom stereocenters. The number of carbonyl (C=O) groups excluding carboxylic acids is 1. The van der Waals surface area contributed by atoms with Crippen molar-refractivity contribution < 1.29 is 23.8 Å². The minimum Gasteiger partial charge on any atom is -0.501 e. The maximum Gasteiger partial charge on any atom is 0.296 e. The fourth-order valence-corrected chi connectivity index (χ4v) is 4.85. The molecule has 2 aliphatic rings. The Balaban J connectivity index is 1.47. The number of aromatic hydroxyl groups is 1. The van der Waals surface area contributed by atoms with Gasteiger partial charge < -0.3 is 19.9 Å². The van der Waals surface area contributed by atoms with Gasteiger partial charge in [0.05, 0.1) is 25.2 Å². The Labute approximate surface area is 205 Å². The highest BCUT2D eigenvalue weighted by Gasteiger charge is 2.41. The number of nitrogens with one attached hydrogen (secondary N) is 1. The van der Waals surface area contributed by atoms with Gasteiger partial charge >= 0.3 is 0 Å². The van der Waals surface area contributed by atoms with Gasteiger partial charge in [0.2, 0.25) is 5.75 Å². The molecule has 2 aromatic heterocycles. The third-order valence-corrected chi connectivity index (χ3v) is 6.74.